The zero-order valence-electron chi connectivity index (χ0n) is 14.6. The first-order valence-electron chi connectivity index (χ1n) is 8.43. The summed E-state index contributed by atoms with van der Waals surface area (Å²) in [6, 6.07) is 13.4. The number of piperidine rings is 1. The standard InChI is InChI=1S/C20H24N2O2/c1-15-12-17(23)13-18(21(15)3)19(24)22-11-7-10-20(2,14-22)16-8-5-4-6-9-16/h4-6,8-9,12-13H,7,10-11,14H2,1-3H3/t20-/m1/s1. The Morgan fingerprint density at radius 1 is 1.17 bits per heavy atom. The molecule has 3 rings (SSSR count). The van der Waals surface area contributed by atoms with Crippen molar-refractivity contribution in [2.24, 2.45) is 7.05 Å². The van der Waals surface area contributed by atoms with Crippen molar-refractivity contribution in [3.05, 3.63) is 69.6 Å². The fourth-order valence-electron chi connectivity index (χ4n) is 3.62. The molecule has 1 aliphatic heterocycles. The Hall–Kier alpha value is -2.36. The van der Waals surface area contributed by atoms with Gasteiger partial charge in [0.25, 0.3) is 5.91 Å². The van der Waals surface area contributed by atoms with Crippen molar-refractivity contribution in [3.63, 3.8) is 0 Å². The number of aryl methyl sites for hydroxylation is 1. The molecule has 1 atom stereocenters. The van der Waals surface area contributed by atoms with Gasteiger partial charge in [-0.1, -0.05) is 37.3 Å². The van der Waals surface area contributed by atoms with E-state index in [-0.39, 0.29) is 16.8 Å². The van der Waals surface area contributed by atoms with E-state index in [0.29, 0.717) is 12.2 Å². The molecule has 126 valence electrons. The van der Waals surface area contributed by atoms with Gasteiger partial charge in [-0.2, -0.15) is 0 Å². The van der Waals surface area contributed by atoms with E-state index in [0.717, 1.165) is 25.1 Å². The van der Waals surface area contributed by atoms with E-state index in [9.17, 15) is 9.59 Å². The molecule has 1 aromatic heterocycles. The summed E-state index contributed by atoms with van der Waals surface area (Å²) in [5.41, 5.74) is 2.38. The highest BCUT2D eigenvalue weighted by Crippen LogP contribution is 2.34. The van der Waals surface area contributed by atoms with Gasteiger partial charge in [-0.15, -0.1) is 0 Å². The molecular formula is C20H24N2O2. The minimum atomic E-state index is -0.114. The molecule has 0 unspecified atom stereocenters. The van der Waals surface area contributed by atoms with Crippen LogP contribution in [0.2, 0.25) is 0 Å². The second-order valence-corrected chi connectivity index (χ2v) is 7.03. The van der Waals surface area contributed by atoms with Crippen LogP contribution in [-0.4, -0.2) is 28.5 Å². The zero-order chi connectivity index (χ0) is 17.3. The van der Waals surface area contributed by atoms with Crippen LogP contribution < -0.4 is 5.43 Å². The topological polar surface area (TPSA) is 42.3 Å². The van der Waals surface area contributed by atoms with Gasteiger partial charge in [-0.05, 0) is 25.3 Å². The number of carbonyl (C=O) groups excluding carboxylic acids is 1. The van der Waals surface area contributed by atoms with Crippen molar-refractivity contribution in [2.45, 2.75) is 32.1 Å². The first-order valence-corrected chi connectivity index (χ1v) is 8.43. The second kappa shape index (κ2) is 6.27. The van der Waals surface area contributed by atoms with Gasteiger partial charge >= 0.3 is 0 Å². The lowest BCUT2D eigenvalue weighted by Crippen LogP contribution is -2.47. The Balaban J connectivity index is 1.90. The predicted octanol–water partition coefficient (Wildman–Crippen LogP) is 2.89. The number of hydrogen-bond acceptors (Lipinski definition) is 2. The predicted molar refractivity (Wildman–Crippen MR) is 95.4 cm³/mol. The maximum absolute atomic E-state index is 13.0. The van der Waals surface area contributed by atoms with Crippen molar-refractivity contribution < 1.29 is 4.79 Å². The Kier molecular flexibility index (Phi) is 4.31. The monoisotopic (exact) mass is 324 g/mol. The molecule has 1 amide bonds. The van der Waals surface area contributed by atoms with Gasteiger partial charge in [0.2, 0.25) is 0 Å². The van der Waals surface area contributed by atoms with Crippen LogP contribution in [0.4, 0.5) is 0 Å². The third-order valence-corrected chi connectivity index (χ3v) is 5.19. The third kappa shape index (κ3) is 3.01. The molecule has 1 aromatic carbocycles. The number of rotatable bonds is 2. The molecule has 1 saturated heterocycles. The van der Waals surface area contributed by atoms with Crippen molar-refractivity contribution >= 4 is 5.91 Å². The lowest BCUT2D eigenvalue weighted by molar-refractivity contribution is 0.0640. The fraction of sp³-hybridized carbons (Fsp3) is 0.400. The molecule has 4 nitrogen and oxygen atoms in total. The van der Waals surface area contributed by atoms with Crippen LogP contribution in [0, 0.1) is 6.92 Å². The SMILES string of the molecule is Cc1cc(=O)cc(C(=O)N2CCC[C@@](C)(c3ccccc3)C2)n1C. The van der Waals surface area contributed by atoms with Gasteiger partial charge in [0, 0.05) is 43.4 Å². The molecule has 2 aromatic rings. The third-order valence-electron chi connectivity index (χ3n) is 5.19. The second-order valence-electron chi connectivity index (χ2n) is 7.03. The number of nitrogens with zero attached hydrogens (tertiary/aromatic N) is 2. The minimum absolute atomic E-state index is 0.0438. The van der Waals surface area contributed by atoms with Crippen molar-refractivity contribution in [1.29, 1.82) is 0 Å². The van der Waals surface area contributed by atoms with E-state index in [1.165, 1.54) is 11.6 Å². The highest BCUT2D eigenvalue weighted by Gasteiger charge is 2.35. The quantitative estimate of drug-likeness (QED) is 0.852. The number of benzene rings is 1. The summed E-state index contributed by atoms with van der Waals surface area (Å²) >= 11 is 0. The molecule has 0 spiro atoms. The molecule has 0 N–H and O–H groups in total. The molecule has 4 heteroatoms. The molecule has 0 bridgehead atoms. The van der Waals surface area contributed by atoms with Gasteiger partial charge in [-0.3, -0.25) is 9.59 Å². The van der Waals surface area contributed by atoms with Gasteiger partial charge in [0.05, 0.1) is 0 Å². The number of hydrogen-bond donors (Lipinski definition) is 0. The van der Waals surface area contributed by atoms with Crippen molar-refractivity contribution in [2.75, 3.05) is 13.1 Å². The van der Waals surface area contributed by atoms with E-state index in [1.54, 1.807) is 10.6 Å². The van der Waals surface area contributed by atoms with Gasteiger partial charge < -0.3 is 9.47 Å². The summed E-state index contributed by atoms with van der Waals surface area (Å²) in [6.45, 7) is 5.49. The first-order chi connectivity index (χ1) is 11.4. The molecule has 1 fully saturated rings. The molecule has 1 aliphatic rings. The van der Waals surface area contributed by atoms with Crippen molar-refractivity contribution in [3.8, 4) is 0 Å². The maximum atomic E-state index is 13.0. The summed E-state index contributed by atoms with van der Waals surface area (Å²) in [5, 5.41) is 0. The van der Waals surface area contributed by atoms with Crippen molar-refractivity contribution in [1.82, 2.24) is 9.47 Å². The normalized spacial score (nSPS) is 20.9. The van der Waals surface area contributed by atoms with Crippen LogP contribution in [0.3, 0.4) is 0 Å². The number of amides is 1. The minimum Gasteiger partial charge on any atom is -0.344 e. The van der Waals surface area contributed by atoms with Gasteiger partial charge in [0.15, 0.2) is 5.43 Å². The summed E-state index contributed by atoms with van der Waals surface area (Å²) in [5.74, 6) is -0.0554. The van der Waals surface area contributed by atoms with E-state index in [1.807, 2.05) is 37.1 Å². The average Bonchev–Trinajstić information content (AvgIpc) is 2.58. The van der Waals surface area contributed by atoms with E-state index >= 15 is 0 Å². The Labute approximate surface area is 142 Å². The molecule has 0 saturated carbocycles. The molecule has 0 radical (unpaired) electrons. The van der Waals surface area contributed by atoms with E-state index in [2.05, 4.69) is 19.1 Å². The average molecular weight is 324 g/mol. The largest absolute Gasteiger partial charge is 0.344 e. The Morgan fingerprint density at radius 2 is 1.88 bits per heavy atom. The Morgan fingerprint density at radius 3 is 2.58 bits per heavy atom. The lowest BCUT2D eigenvalue weighted by atomic mass is 9.76. The Bertz CT molecular complexity index is 810. The van der Waals surface area contributed by atoms with Gasteiger partial charge in [-0.25, -0.2) is 0 Å². The number of aromatic nitrogens is 1. The fourth-order valence-corrected chi connectivity index (χ4v) is 3.62. The molecule has 2 heterocycles. The summed E-state index contributed by atoms with van der Waals surface area (Å²) in [4.78, 5) is 26.7. The van der Waals surface area contributed by atoms with E-state index < -0.39 is 0 Å². The van der Waals surface area contributed by atoms with Gasteiger partial charge in [0.1, 0.15) is 5.69 Å². The highest BCUT2D eigenvalue weighted by atomic mass is 16.2. The molecule has 24 heavy (non-hydrogen) atoms. The molecular weight excluding hydrogens is 300 g/mol. The lowest BCUT2D eigenvalue weighted by Gasteiger charge is -2.41. The summed E-state index contributed by atoms with van der Waals surface area (Å²) in [7, 11) is 1.84. The van der Waals surface area contributed by atoms with E-state index in [4.69, 9.17) is 0 Å². The summed E-state index contributed by atoms with van der Waals surface area (Å²) < 4.78 is 1.80. The molecule has 0 aliphatic carbocycles. The van der Waals surface area contributed by atoms with Crippen LogP contribution >= 0.6 is 0 Å². The van der Waals surface area contributed by atoms with Crippen LogP contribution in [0.1, 0.15) is 41.5 Å². The number of pyridine rings is 1. The maximum Gasteiger partial charge on any atom is 0.270 e. The van der Waals surface area contributed by atoms with Crippen LogP contribution in [0.15, 0.2) is 47.3 Å². The smallest absolute Gasteiger partial charge is 0.270 e. The van der Waals surface area contributed by atoms with Crippen LogP contribution in [-0.2, 0) is 12.5 Å². The summed E-state index contributed by atoms with van der Waals surface area (Å²) in [6.07, 6.45) is 2.03. The van der Waals surface area contributed by atoms with Crippen LogP contribution in [0.25, 0.3) is 0 Å². The zero-order valence-corrected chi connectivity index (χ0v) is 14.6. The van der Waals surface area contributed by atoms with Crippen LogP contribution in [0.5, 0.6) is 0 Å². The number of carbonyl (C=O) groups is 1. The highest BCUT2D eigenvalue weighted by molar-refractivity contribution is 5.92. The number of likely N-dealkylation sites (tertiary alicyclic amines) is 1. The first kappa shape index (κ1) is 16.5.